The maximum absolute atomic E-state index is 11.7. The maximum Gasteiger partial charge on any atom is 0.242 e. The highest BCUT2D eigenvalue weighted by atomic mass is 16.2. The van der Waals surface area contributed by atoms with Gasteiger partial charge in [-0.1, -0.05) is 6.92 Å². The zero-order valence-corrected chi connectivity index (χ0v) is 8.92. The standard InChI is InChI=1S/C10H18N2O/c1-5-7-12(6-2)9(13)10(3,4)8-11/h5-7H2,1-4H3. The third-order valence-corrected chi connectivity index (χ3v) is 1.98. The van der Waals surface area contributed by atoms with E-state index in [1.807, 2.05) is 19.9 Å². The molecule has 0 unspecified atom stereocenters. The first-order valence-electron chi connectivity index (χ1n) is 4.70. The van der Waals surface area contributed by atoms with Gasteiger partial charge in [0.15, 0.2) is 0 Å². The van der Waals surface area contributed by atoms with Crippen molar-refractivity contribution in [3.05, 3.63) is 0 Å². The number of amides is 1. The van der Waals surface area contributed by atoms with Gasteiger partial charge in [-0.3, -0.25) is 4.79 Å². The Labute approximate surface area is 80.3 Å². The summed E-state index contributed by atoms with van der Waals surface area (Å²) in [4.78, 5) is 13.4. The topological polar surface area (TPSA) is 44.1 Å². The Hall–Kier alpha value is -1.04. The number of hydrogen-bond donors (Lipinski definition) is 0. The normalized spacial score (nSPS) is 10.7. The molecule has 0 aliphatic heterocycles. The largest absolute Gasteiger partial charge is 0.342 e. The number of hydrogen-bond acceptors (Lipinski definition) is 2. The molecule has 0 heterocycles. The summed E-state index contributed by atoms with van der Waals surface area (Å²) in [5, 5.41) is 8.78. The summed E-state index contributed by atoms with van der Waals surface area (Å²) in [5.74, 6) is -0.0700. The van der Waals surface area contributed by atoms with Crippen LogP contribution in [0.3, 0.4) is 0 Å². The molecule has 3 nitrogen and oxygen atoms in total. The lowest BCUT2D eigenvalue weighted by Crippen LogP contribution is -2.40. The van der Waals surface area contributed by atoms with Crippen LogP contribution in [0.5, 0.6) is 0 Å². The molecule has 0 fully saturated rings. The lowest BCUT2D eigenvalue weighted by atomic mass is 9.94. The number of nitrogens with zero attached hydrogens (tertiary/aromatic N) is 2. The van der Waals surface area contributed by atoms with Crippen LogP contribution in [0.1, 0.15) is 34.1 Å². The van der Waals surface area contributed by atoms with Crippen molar-refractivity contribution in [3.63, 3.8) is 0 Å². The second kappa shape index (κ2) is 4.86. The van der Waals surface area contributed by atoms with E-state index in [0.29, 0.717) is 6.54 Å². The summed E-state index contributed by atoms with van der Waals surface area (Å²) in [5.41, 5.74) is -0.884. The van der Waals surface area contributed by atoms with Gasteiger partial charge in [0.2, 0.25) is 5.91 Å². The summed E-state index contributed by atoms with van der Waals surface area (Å²) in [6.45, 7) is 8.69. The molecule has 0 spiro atoms. The van der Waals surface area contributed by atoms with Crippen LogP contribution in [0, 0.1) is 16.7 Å². The number of carbonyl (C=O) groups excluding carboxylic acids is 1. The van der Waals surface area contributed by atoms with Gasteiger partial charge in [0.05, 0.1) is 6.07 Å². The van der Waals surface area contributed by atoms with Gasteiger partial charge in [-0.05, 0) is 27.2 Å². The lowest BCUT2D eigenvalue weighted by molar-refractivity contribution is -0.137. The molecule has 0 saturated heterocycles. The summed E-state index contributed by atoms with van der Waals surface area (Å²) in [7, 11) is 0. The molecule has 0 aliphatic carbocycles. The highest BCUT2D eigenvalue weighted by Gasteiger charge is 2.30. The molecule has 0 saturated carbocycles. The van der Waals surface area contributed by atoms with Crippen molar-refractivity contribution in [3.8, 4) is 6.07 Å². The van der Waals surface area contributed by atoms with Crippen molar-refractivity contribution in [1.82, 2.24) is 4.90 Å². The Balaban J connectivity index is 4.47. The summed E-state index contributed by atoms with van der Waals surface area (Å²) < 4.78 is 0. The molecule has 74 valence electrons. The Morgan fingerprint density at radius 3 is 2.31 bits per heavy atom. The van der Waals surface area contributed by atoms with Crippen LogP contribution in [0.15, 0.2) is 0 Å². The smallest absolute Gasteiger partial charge is 0.242 e. The van der Waals surface area contributed by atoms with Crippen molar-refractivity contribution in [2.24, 2.45) is 5.41 Å². The Bertz CT molecular complexity index is 215. The van der Waals surface area contributed by atoms with E-state index in [9.17, 15) is 4.79 Å². The SMILES string of the molecule is CCCN(CC)C(=O)C(C)(C)C#N. The van der Waals surface area contributed by atoms with E-state index in [0.717, 1.165) is 13.0 Å². The van der Waals surface area contributed by atoms with Crippen LogP contribution >= 0.6 is 0 Å². The van der Waals surface area contributed by atoms with E-state index in [4.69, 9.17) is 5.26 Å². The van der Waals surface area contributed by atoms with Crippen molar-refractivity contribution in [1.29, 1.82) is 5.26 Å². The van der Waals surface area contributed by atoms with Gasteiger partial charge in [0.25, 0.3) is 0 Å². The Morgan fingerprint density at radius 1 is 1.46 bits per heavy atom. The quantitative estimate of drug-likeness (QED) is 0.665. The molecular weight excluding hydrogens is 164 g/mol. The maximum atomic E-state index is 11.7. The highest BCUT2D eigenvalue weighted by molar-refractivity contribution is 5.84. The fourth-order valence-corrected chi connectivity index (χ4v) is 1.12. The van der Waals surface area contributed by atoms with Crippen LogP contribution in [0.2, 0.25) is 0 Å². The summed E-state index contributed by atoms with van der Waals surface area (Å²) in [6.07, 6.45) is 0.932. The predicted octanol–water partition coefficient (Wildman–Crippen LogP) is 1.79. The van der Waals surface area contributed by atoms with E-state index in [2.05, 4.69) is 0 Å². The molecule has 0 aromatic heterocycles. The van der Waals surface area contributed by atoms with E-state index < -0.39 is 5.41 Å². The van der Waals surface area contributed by atoms with Gasteiger partial charge in [-0.2, -0.15) is 5.26 Å². The lowest BCUT2D eigenvalue weighted by Gasteiger charge is -2.26. The minimum absolute atomic E-state index is 0.0700. The highest BCUT2D eigenvalue weighted by Crippen LogP contribution is 2.17. The predicted molar refractivity (Wildman–Crippen MR) is 51.9 cm³/mol. The van der Waals surface area contributed by atoms with Crippen molar-refractivity contribution >= 4 is 5.91 Å². The Kier molecular flexibility index (Phi) is 4.47. The number of nitriles is 1. The van der Waals surface area contributed by atoms with Crippen LogP contribution in [-0.2, 0) is 4.79 Å². The zero-order chi connectivity index (χ0) is 10.5. The second-order valence-corrected chi connectivity index (χ2v) is 3.62. The number of carbonyl (C=O) groups is 1. The van der Waals surface area contributed by atoms with Crippen LogP contribution in [0.4, 0.5) is 0 Å². The minimum atomic E-state index is -0.884. The molecule has 3 heteroatoms. The van der Waals surface area contributed by atoms with E-state index in [1.54, 1.807) is 18.7 Å². The molecule has 13 heavy (non-hydrogen) atoms. The average molecular weight is 182 g/mol. The van der Waals surface area contributed by atoms with Gasteiger partial charge in [-0.25, -0.2) is 0 Å². The molecule has 0 N–H and O–H groups in total. The van der Waals surface area contributed by atoms with Crippen molar-refractivity contribution < 1.29 is 4.79 Å². The monoisotopic (exact) mass is 182 g/mol. The summed E-state index contributed by atoms with van der Waals surface area (Å²) in [6, 6.07) is 2.02. The average Bonchev–Trinajstić information content (AvgIpc) is 2.13. The fraction of sp³-hybridized carbons (Fsp3) is 0.800. The molecule has 0 aliphatic rings. The third kappa shape index (κ3) is 3.06. The van der Waals surface area contributed by atoms with E-state index in [1.165, 1.54) is 0 Å². The first-order chi connectivity index (χ1) is 5.99. The van der Waals surface area contributed by atoms with Crippen LogP contribution in [0.25, 0.3) is 0 Å². The molecule has 0 aromatic rings. The van der Waals surface area contributed by atoms with Gasteiger partial charge in [-0.15, -0.1) is 0 Å². The molecule has 0 bridgehead atoms. The van der Waals surface area contributed by atoms with E-state index in [-0.39, 0.29) is 5.91 Å². The minimum Gasteiger partial charge on any atom is -0.342 e. The zero-order valence-electron chi connectivity index (χ0n) is 8.92. The van der Waals surface area contributed by atoms with Crippen LogP contribution < -0.4 is 0 Å². The third-order valence-electron chi connectivity index (χ3n) is 1.98. The molecular formula is C10H18N2O. The summed E-state index contributed by atoms with van der Waals surface area (Å²) >= 11 is 0. The molecule has 0 aromatic carbocycles. The Morgan fingerprint density at radius 2 is 2.00 bits per heavy atom. The van der Waals surface area contributed by atoms with Gasteiger partial charge in [0.1, 0.15) is 5.41 Å². The van der Waals surface area contributed by atoms with Crippen LogP contribution in [-0.4, -0.2) is 23.9 Å². The van der Waals surface area contributed by atoms with Gasteiger partial charge in [0, 0.05) is 13.1 Å². The second-order valence-electron chi connectivity index (χ2n) is 3.62. The molecule has 0 atom stereocenters. The molecule has 0 rings (SSSR count). The molecule has 0 radical (unpaired) electrons. The van der Waals surface area contributed by atoms with Gasteiger partial charge < -0.3 is 4.90 Å². The first kappa shape index (κ1) is 12.0. The van der Waals surface area contributed by atoms with Crippen molar-refractivity contribution in [2.75, 3.05) is 13.1 Å². The first-order valence-corrected chi connectivity index (χ1v) is 4.70. The van der Waals surface area contributed by atoms with Crippen molar-refractivity contribution in [2.45, 2.75) is 34.1 Å². The van der Waals surface area contributed by atoms with Gasteiger partial charge >= 0.3 is 0 Å². The number of rotatable bonds is 4. The molecule has 1 amide bonds. The van der Waals surface area contributed by atoms with E-state index >= 15 is 0 Å². The fourth-order valence-electron chi connectivity index (χ4n) is 1.12.